The van der Waals surface area contributed by atoms with Crippen molar-refractivity contribution in [1.82, 2.24) is 0 Å². The maximum Gasteiger partial charge on any atom is 0.488 e. The highest BCUT2D eigenvalue weighted by molar-refractivity contribution is 6.58. The molecule has 0 radical (unpaired) electrons. The van der Waals surface area contributed by atoms with Gasteiger partial charge in [0.15, 0.2) is 0 Å². The molecule has 1 rings (SSSR count). The molecule has 0 saturated heterocycles. The third-order valence-electron chi connectivity index (χ3n) is 1.94. The number of hydrogen-bond acceptors (Lipinski definition) is 2. The van der Waals surface area contributed by atoms with Crippen molar-refractivity contribution in [3.05, 3.63) is 29.6 Å². The average molecular weight is 258 g/mol. The molecule has 2 N–H and O–H groups in total. The monoisotopic (exact) mass is 258 g/mol. The summed E-state index contributed by atoms with van der Waals surface area (Å²) in [6.07, 6.45) is -5.89. The molecule has 94 valence electrons. The Balaban J connectivity index is 3.32. The zero-order valence-electron chi connectivity index (χ0n) is 7.97. The molecule has 0 unspecified atom stereocenters. The van der Waals surface area contributed by atoms with Crippen LogP contribution in [0.2, 0.25) is 0 Å². The van der Waals surface area contributed by atoms with Gasteiger partial charge in [0.1, 0.15) is 5.82 Å². The molecule has 0 saturated carbocycles. The van der Waals surface area contributed by atoms with Crippen molar-refractivity contribution < 1.29 is 36.4 Å². The highest BCUT2D eigenvalue weighted by Gasteiger charge is 2.58. The van der Waals surface area contributed by atoms with E-state index in [0.717, 1.165) is 0 Å². The van der Waals surface area contributed by atoms with Gasteiger partial charge in [-0.15, -0.1) is 0 Å². The predicted octanol–water partition coefficient (Wildman–Crippen LogP) is 1.16. The van der Waals surface area contributed by atoms with Gasteiger partial charge in [-0.05, 0) is 17.6 Å². The van der Waals surface area contributed by atoms with Gasteiger partial charge in [-0.2, -0.15) is 22.0 Å². The second kappa shape index (κ2) is 4.23. The quantitative estimate of drug-likeness (QED) is 0.617. The number of halogens is 6. The van der Waals surface area contributed by atoms with E-state index in [1.807, 2.05) is 0 Å². The number of hydrogen-bond donors (Lipinski definition) is 2. The maximum atomic E-state index is 12.8. The van der Waals surface area contributed by atoms with Crippen molar-refractivity contribution in [3.8, 4) is 0 Å². The van der Waals surface area contributed by atoms with Crippen LogP contribution in [-0.4, -0.2) is 23.3 Å². The minimum atomic E-state index is -5.89. The predicted molar refractivity (Wildman–Crippen MR) is 46.2 cm³/mol. The lowest BCUT2D eigenvalue weighted by Gasteiger charge is -2.20. The summed E-state index contributed by atoms with van der Waals surface area (Å²) in [7, 11) is -2.34. The average Bonchev–Trinajstić information content (AvgIpc) is 2.14. The van der Waals surface area contributed by atoms with E-state index >= 15 is 0 Å². The fourth-order valence-corrected chi connectivity index (χ4v) is 1.11. The van der Waals surface area contributed by atoms with E-state index in [-0.39, 0.29) is 12.1 Å². The Morgan fingerprint density at radius 3 is 1.88 bits per heavy atom. The zero-order valence-corrected chi connectivity index (χ0v) is 7.97. The summed E-state index contributed by atoms with van der Waals surface area (Å²) in [5, 5.41) is 17.2. The van der Waals surface area contributed by atoms with E-state index in [9.17, 15) is 26.3 Å². The first-order chi connectivity index (χ1) is 7.55. The van der Waals surface area contributed by atoms with Crippen LogP contribution in [0.25, 0.3) is 0 Å². The molecule has 0 aliphatic carbocycles. The Kier molecular flexibility index (Phi) is 3.44. The van der Waals surface area contributed by atoms with Crippen LogP contribution in [0.1, 0.15) is 5.56 Å². The fourth-order valence-electron chi connectivity index (χ4n) is 1.11. The van der Waals surface area contributed by atoms with E-state index in [1.165, 1.54) is 0 Å². The lowest BCUT2D eigenvalue weighted by molar-refractivity contribution is -0.289. The van der Waals surface area contributed by atoms with E-state index in [0.29, 0.717) is 6.07 Å². The van der Waals surface area contributed by atoms with Crippen molar-refractivity contribution in [2.45, 2.75) is 12.1 Å². The third-order valence-corrected chi connectivity index (χ3v) is 1.94. The van der Waals surface area contributed by atoms with Crippen molar-refractivity contribution in [3.63, 3.8) is 0 Å². The van der Waals surface area contributed by atoms with Crippen LogP contribution in [0.4, 0.5) is 26.3 Å². The van der Waals surface area contributed by atoms with E-state index < -0.39 is 36.1 Å². The normalized spacial score (nSPS) is 12.7. The Morgan fingerprint density at radius 1 is 0.941 bits per heavy atom. The molecule has 1 aromatic rings. The zero-order chi connectivity index (χ0) is 13.4. The third kappa shape index (κ3) is 2.72. The molecule has 17 heavy (non-hydrogen) atoms. The Labute approximate surface area is 91.6 Å². The van der Waals surface area contributed by atoms with Crippen LogP contribution >= 0.6 is 0 Å². The second-order valence-corrected chi connectivity index (χ2v) is 3.22. The smallest absolute Gasteiger partial charge is 0.423 e. The van der Waals surface area contributed by atoms with Crippen molar-refractivity contribution in [2.75, 3.05) is 0 Å². The molecular formula is C8H5BF6O2. The topological polar surface area (TPSA) is 40.5 Å². The van der Waals surface area contributed by atoms with E-state index in [2.05, 4.69) is 0 Å². The lowest BCUT2D eigenvalue weighted by Crippen LogP contribution is -2.37. The van der Waals surface area contributed by atoms with Gasteiger partial charge in [0.25, 0.3) is 0 Å². The maximum absolute atomic E-state index is 12.8. The van der Waals surface area contributed by atoms with Gasteiger partial charge in [-0.25, -0.2) is 4.39 Å². The van der Waals surface area contributed by atoms with Gasteiger partial charge in [0.2, 0.25) is 0 Å². The van der Waals surface area contributed by atoms with Crippen LogP contribution in [0.5, 0.6) is 0 Å². The molecule has 9 heteroatoms. The molecule has 0 heterocycles. The number of alkyl halides is 5. The van der Waals surface area contributed by atoms with Crippen LogP contribution in [0.3, 0.4) is 0 Å². The molecule has 2 nitrogen and oxygen atoms in total. The Bertz CT molecular complexity index is 417. The molecule has 0 atom stereocenters. The van der Waals surface area contributed by atoms with E-state index in [1.54, 1.807) is 0 Å². The van der Waals surface area contributed by atoms with Gasteiger partial charge >= 0.3 is 19.2 Å². The fraction of sp³-hybridized carbons (Fsp3) is 0.250. The Morgan fingerprint density at radius 2 is 1.47 bits per heavy atom. The molecule has 0 bridgehead atoms. The van der Waals surface area contributed by atoms with Gasteiger partial charge in [0.05, 0.1) is 0 Å². The minimum Gasteiger partial charge on any atom is -0.423 e. The molecule has 0 fully saturated rings. The van der Waals surface area contributed by atoms with Crippen molar-refractivity contribution in [1.29, 1.82) is 0 Å². The van der Waals surface area contributed by atoms with Gasteiger partial charge < -0.3 is 10.0 Å². The SMILES string of the molecule is OB(O)c1cc(F)cc(C(F)(F)C(F)(F)F)c1. The van der Waals surface area contributed by atoms with Crippen LogP contribution in [-0.2, 0) is 5.92 Å². The molecule has 0 amide bonds. The largest absolute Gasteiger partial charge is 0.488 e. The standard InChI is InChI=1S/C8H5BF6O2/c10-6-2-4(1-5(3-6)9(16)17)7(11,12)8(13,14)15/h1-3,16-17H. The molecular weight excluding hydrogens is 253 g/mol. The molecule has 0 aliphatic rings. The summed E-state index contributed by atoms with van der Waals surface area (Å²) in [6, 6.07) is 0.612. The number of benzene rings is 1. The van der Waals surface area contributed by atoms with Crippen molar-refractivity contribution >= 4 is 12.6 Å². The number of rotatable bonds is 2. The van der Waals surface area contributed by atoms with Crippen LogP contribution in [0, 0.1) is 5.82 Å². The van der Waals surface area contributed by atoms with E-state index in [4.69, 9.17) is 10.0 Å². The van der Waals surface area contributed by atoms with Gasteiger partial charge in [0, 0.05) is 5.56 Å². The van der Waals surface area contributed by atoms with Crippen LogP contribution < -0.4 is 5.46 Å². The first kappa shape index (κ1) is 13.8. The summed E-state index contributed by atoms with van der Waals surface area (Å²) in [5.74, 6) is -6.69. The van der Waals surface area contributed by atoms with Crippen LogP contribution in [0.15, 0.2) is 18.2 Å². The molecule has 1 aromatic carbocycles. The first-order valence-electron chi connectivity index (χ1n) is 4.17. The summed E-state index contributed by atoms with van der Waals surface area (Å²) in [5.41, 5.74) is -2.47. The van der Waals surface area contributed by atoms with Gasteiger partial charge in [-0.3, -0.25) is 0 Å². The first-order valence-corrected chi connectivity index (χ1v) is 4.17. The Hall–Kier alpha value is -1.22. The summed E-state index contributed by atoms with van der Waals surface area (Å²) in [6.45, 7) is 0. The van der Waals surface area contributed by atoms with Gasteiger partial charge in [-0.1, -0.05) is 6.07 Å². The molecule has 0 aliphatic heterocycles. The second-order valence-electron chi connectivity index (χ2n) is 3.22. The van der Waals surface area contributed by atoms with Crippen molar-refractivity contribution in [2.24, 2.45) is 0 Å². The highest BCUT2D eigenvalue weighted by Crippen LogP contribution is 2.43. The summed E-state index contributed by atoms with van der Waals surface area (Å²) < 4.78 is 74.4. The highest BCUT2D eigenvalue weighted by atomic mass is 19.4. The minimum absolute atomic E-state index is 0.0145. The summed E-state index contributed by atoms with van der Waals surface area (Å²) in [4.78, 5) is 0. The lowest BCUT2D eigenvalue weighted by atomic mass is 9.79. The molecule has 0 spiro atoms. The molecule has 0 aromatic heterocycles. The summed E-state index contributed by atoms with van der Waals surface area (Å²) >= 11 is 0.